The summed E-state index contributed by atoms with van der Waals surface area (Å²) in [6.07, 6.45) is 4.07. The van der Waals surface area contributed by atoms with E-state index in [-0.39, 0.29) is 6.09 Å². The van der Waals surface area contributed by atoms with Crippen LogP contribution in [0.15, 0.2) is 30.7 Å². The van der Waals surface area contributed by atoms with Crippen molar-refractivity contribution in [2.75, 3.05) is 25.2 Å². The second-order valence-electron chi connectivity index (χ2n) is 6.11. The molecule has 1 aromatic carbocycles. The number of fused-ring (bicyclic) bond motifs is 1. The Labute approximate surface area is 141 Å². The summed E-state index contributed by atoms with van der Waals surface area (Å²) in [5.41, 5.74) is 3.06. The number of nitrogens with zero attached hydrogens (tertiary/aromatic N) is 2. The zero-order valence-electron chi connectivity index (χ0n) is 14.3. The predicted octanol–water partition coefficient (Wildman–Crippen LogP) is 3.36. The minimum atomic E-state index is -0.354. The van der Waals surface area contributed by atoms with Crippen molar-refractivity contribution < 1.29 is 14.3 Å². The second kappa shape index (κ2) is 6.95. The number of anilines is 1. The van der Waals surface area contributed by atoms with Crippen LogP contribution in [0.5, 0.6) is 5.75 Å². The first-order valence-electron chi connectivity index (χ1n) is 8.23. The van der Waals surface area contributed by atoms with Crippen LogP contribution in [0, 0.1) is 5.92 Å². The highest BCUT2D eigenvalue weighted by atomic mass is 16.5. The van der Waals surface area contributed by atoms with Crippen molar-refractivity contribution in [3.63, 3.8) is 0 Å². The SMILES string of the molecule is CCN(C(=O)OC)c1ccc2c(c1)[C@@H](Cc1cnc[nH]1)[C@@H](C)CO2. The first-order chi connectivity index (χ1) is 11.6. The minimum absolute atomic E-state index is 0.311. The van der Waals surface area contributed by atoms with Crippen LogP contribution in [0.4, 0.5) is 10.5 Å². The van der Waals surface area contributed by atoms with Crippen LogP contribution in [0.1, 0.15) is 31.0 Å². The van der Waals surface area contributed by atoms with Crippen LogP contribution in [-0.2, 0) is 11.2 Å². The normalized spacial score (nSPS) is 19.3. The number of hydrogen-bond donors (Lipinski definition) is 1. The van der Waals surface area contributed by atoms with Crippen molar-refractivity contribution in [3.05, 3.63) is 42.0 Å². The Hall–Kier alpha value is -2.50. The molecule has 1 aliphatic heterocycles. The maximum Gasteiger partial charge on any atom is 0.413 e. The molecule has 0 bridgehead atoms. The van der Waals surface area contributed by atoms with E-state index in [1.807, 2.05) is 31.3 Å². The van der Waals surface area contributed by atoms with E-state index in [0.717, 1.165) is 29.1 Å². The zero-order valence-corrected chi connectivity index (χ0v) is 14.3. The highest BCUT2D eigenvalue weighted by Gasteiger charge is 2.29. The molecule has 6 heteroatoms. The summed E-state index contributed by atoms with van der Waals surface area (Å²) in [4.78, 5) is 20.9. The van der Waals surface area contributed by atoms with Crippen LogP contribution < -0.4 is 9.64 Å². The first-order valence-corrected chi connectivity index (χ1v) is 8.23. The van der Waals surface area contributed by atoms with Crippen molar-refractivity contribution in [1.82, 2.24) is 9.97 Å². The van der Waals surface area contributed by atoms with Gasteiger partial charge in [0, 0.05) is 29.7 Å². The quantitative estimate of drug-likeness (QED) is 0.934. The number of benzene rings is 1. The standard InChI is InChI=1S/C18H23N3O3/c1-4-21(18(22)23-3)14-5-6-17-16(8-14)15(12(2)10-24-17)7-13-9-19-11-20-13/h5-6,8-9,11-12,15H,4,7,10H2,1-3H3,(H,19,20)/t12-,15-/m0/s1. The Bertz CT molecular complexity index is 700. The van der Waals surface area contributed by atoms with Crippen molar-refractivity contribution in [3.8, 4) is 5.75 Å². The highest BCUT2D eigenvalue weighted by molar-refractivity contribution is 5.87. The summed E-state index contributed by atoms with van der Waals surface area (Å²) in [6, 6.07) is 5.90. The van der Waals surface area contributed by atoms with E-state index < -0.39 is 0 Å². The van der Waals surface area contributed by atoms with Crippen molar-refractivity contribution in [2.45, 2.75) is 26.2 Å². The van der Waals surface area contributed by atoms with Gasteiger partial charge in [0.05, 0.1) is 20.0 Å². The molecular formula is C18H23N3O3. The van der Waals surface area contributed by atoms with Crippen molar-refractivity contribution in [2.24, 2.45) is 5.92 Å². The molecule has 3 rings (SSSR count). The van der Waals surface area contributed by atoms with Gasteiger partial charge in [0.15, 0.2) is 0 Å². The van der Waals surface area contributed by atoms with Gasteiger partial charge in [-0.1, -0.05) is 6.92 Å². The lowest BCUT2D eigenvalue weighted by molar-refractivity contribution is 0.179. The molecule has 128 valence electrons. The highest BCUT2D eigenvalue weighted by Crippen LogP contribution is 2.40. The average Bonchev–Trinajstić information content (AvgIpc) is 3.11. The van der Waals surface area contributed by atoms with Gasteiger partial charge in [0.25, 0.3) is 0 Å². The molecule has 24 heavy (non-hydrogen) atoms. The number of ether oxygens (including phenoxy) is 2. The Balaban J connectivity index is 1.95. The fraction of sp³-hybridized carbons (Fsp3) is 0.444. The second-order valence-corrected chi connectivity index (χ2v) is 6.11. The van der Waals surface area contributed by atoms with Gasteiger partial charge in [-0.05, 0) is 43.4 Å². The number of H-pyrrole nitrogens is 1. The smallest absolute Gasteiger partial charge is 0.413 e. The number of imidazole rings is 1. The summed E-state index contributed by atoms with van der Waals surface area (Å²) in [6.45, 7) is 5.36. The monoisotopic (exact) mass is 329 g/mol. The Kier molecular flexibility index (Phi) is 4.74. The lowest BCUT2D eigenvalue weighted by Gasteiger charge is -2.32. The number of rotatable bonds is 4. The largest absolute Gasteiger partial charge is 0.493 e. The van der Waals surface area contributed by atoms with Crippen LogP contribution >= 0.6 is 0 Å². The molecule has 1 amide bonds. The number of aromatic amines is 1. The molecule has 2 aromatic rings. The predicted molar refractivity (Wildman–Crippen MR) is 91.6 cm³/mol. The van der Waals surface area contributed by atoms with Crippen molar-refractivity contribution >= 4 is 11.8 Å². The Morgan fingerprint density at radius 3 is 3.00 bits per heavy atom. The molecular weight excluding hydrogens is 306 g/mol. The average molecular weight is 329 g/mol. The fourth-order valence-corrected chi connectivity index (χ4v) is 3.24. The molecule has 0 saturated heterocycles. The molecule has 6 nitrogen and oxygen atoms in total. The van der Waals surface area contributed by atoms with Gasteiger partial charge in [-0.3, -0.25) is 4.90 Å². The molecule has 0 aliphatic carbocycles. The van der Waals surface area contributed by atoms with E-state index in [1.165, 1.54) is 7.11 Å². The fourth-order valence-electron chi connectivity index (χ4n) is 3.24. The molecule has 1 N–H and O–H groups in total. The number of hydrogen-bond acceptors (Lipinski definition) is 4. The molecule has 0 unspecified atom stereocenters. The van der Waals surface area contributed by atoms with Crippen LogP contribution in [0.3, 0.4) is 0 Å². The van der Waals surface area contributed by atoms with E-state index >= 15 is 0 Å². The third-order valence-electron chi connectivity index (χ3n) is 4.60. The summed E-state index contributed by atoms with van der Waals surface area (Å²) in [5.74, 6) is 1.58. The Morgan fingerprint density at radius 1 is 1.50 bits per heavy atom. The van der Waals surface area contributed by atoms with Crippen LogP contribution in [-0.4, -0.2) is 36.3 Å². The number of aromatic nitrogens is 2. The van der Waals surface area contributed by atoms with Crippen LogP contribution in [0.2, 0.25) is 0 Å². The number of amides is 1. The topological polar surface area (TPSA) is 67.5 Å². The van der Waals surface area contributed by atoms with E-state index in [2.05, 4.69) is 16.9 Å². The third-order valence-corrected chi connectivity index (χ3v) is 4.60. The zero-order chi connectivity index (χ0) is 17.1. The minimum Gasteiger partial charge on any atom is -0.493 e. The molecule has 1 aromatic heterocycles. The van der Waals surface area contributed by atoms with Gasteiger partial charge in [0.2, 0.25) is 0 Å². The number of methoxy groups -OCH3 is 1. The van der Waals surface area contributed by atoms with Crippen molar-refractivity contribution in [1.29, 1.82) is 0 Å². The van der Waals surface area contributed by atoms with E-state index in [1.54, 1.807) is 11.2 Å². The van der Waals surface area contributed by atoms with E-state index in [9.17, 15) is 4.79 Å². The van der Waals surface area contributed by atoms with E-state index in [4.69, 9.17) is 9.47 Å². The maximum atomic E-state index is 12.0. The number of carbonyl (C=O) groups is 1. The molecule has 1 aliphatic rings. The first kappa shape index (κ1) is 16.4. The maximum absolute atomic E-state index is 12.0. The molecule has 2 atom stereocenters. The molecule has 0 fully saturated rings. The number of carbonyl (C=O) groups excluding carboxylic acids is 1. The molecule has 2 heterocycles. The molecule has 0 spiro atoms. The lowest BCUT2D eigenvalue weighted by atomic mass is 9.82. The van der Waals surface area contributed by atoms with Gasteiger partial charge in [-0.15, -0.1) is 0 Å². The van der Waals surface area contributed by atoms with Gasteiger partial charge in [-0.25, -0.2) is 9.78 Å². The summed E-state index contributed by atoms with van der Waals surface area (Å²) in [7, 11) is 1.40. The number of nitrogens with one attached hydrogen (secondary N) is 1. The van der Waals surface area contributed by atoms with Gasteiger partial charge < -0.3 is 14.5 Å². The molecule has 0 saturated carbocycles. The van der Waals surface area contributed by atoms with Gasteiger partial charge in [0.1, 0.15) is 5.75 Å². The Morgan fingerprint density at radius 2 is 2.33 bits per heavy atom. The summed E-state index contributed by atoms with van der Waals surface area (Å²) < 4.78 is 10.8. The third kappa shape index (κ3) is 3.09. The lowest BCUT2D eigenvalue weighted by Crippen LogP contribution is -2.31. The van der Waals surface area contributed by atoms with Gasteiger partial charge >= 0.3 is 6.09 Å². The van der Waals surface area contributed by atoms with Crippen LogP contribution in [0.25, 0.3) is 0 Å². The summed E-state index contributed by atoms with van der Waals surface area (Å²) in [5, 5.41) is 0. The molecule has 0 radical (unpaired) electrons. The van der Waals surface area contributed by atoms with Gasteiger partial charge in [-0.2, -0.15) is 0 Å². The summed E-state index contributed by atoms with van der Waals surface area (Å²) >= 11 is 0. The van der Waals surface area contributed by atoms with E-state index in [0.29, 0.717) is 25.0 Å².